The summed E-state index contributed by atoms with van der Waals surface area (Å²) in [4.78, 5) is 27.5. The molecule has 0 fully saturated rings. The van der Waals surface area contributed by atoms with Gasteiger partial charge in [0.15, 0.2) is 0 Å². The zero-order chi connectivity index (χ0) is 16.8. The minimum absolute atomic E-state index is 0.114. The number of ether oxygens (including phenoxy) is 1. The highest BCUT2D eigenvalue weighted by Gasteiger charge is 2.21. The van der Waals surface area contributed by atoms with Crippen molar-refractivity contribution in [3.63, 3.8) is 0 Å². The second kappa shape index (κ2) is 7.80. The van der Waals surface area contributed by atoms with Crippen LogP contribution in [0.3, 0.4) is 0 Å². The fraction of sp³-hybridized carbons (Fsp3) is 0.267. The largest absolute Gasteiger partial charge is 0.481 e. The lowest BCUT2D eigenvalue weighted by atomic mass is 9.99. The Morgan fingerprint density at radius 1 is 1.39 bits per heavy atom. The van der Waals surface area contributed by atoms with E-state index in [-0.39, 0.29) is 12.2 Å². The van der Waals surface area contributed by atoms with E-state index in [9.17, 15) is 19.1 Å². The average Bonchev–Trinajstić information content (AvgIpc) is 2.98. The predicted molar refractivity (Wildman–Crippen MR) is 81.9 cm³/mol. The van der Waals surface area contributed by atoms with Gasteiger partial charge >= 0.3 is 5.97 Å². The summed E-state index contributed by atoms with van der Waals surface area (Å²) in [6, 6.07) is 5.15. The van der Waals surface area contributed by atoms with E-state index in [1.807, 2.05) is 0 Å². The molecule has 0 aliphatic carbocycles. The first-order valence-corrected chi connectivity index (χ1v) is 7.59. The Morgan fingerprint density at radius 3 is 2.70 bits per heavy atom. The number of halogens is 1. The molecule has 122 valence electrons. The highest BCUT2D eigenvalue weighted by Crippen LogP contribution is 2.16. The summed E-state index contributed by atoms with van der Waals surface area (Å²) in [5, 5.41) is 14.1. The van der Waals surface area contributed by atoms with Crippen LogP contribution in [-0.2, 0) is 16.1 Å². The summed E-state index contributed by atoms with van der Waals surface area (Å²) in [6.07, 6.45) is 0. The van der Waals surface area contributed by atoms with Gasteiger partial charge in [0.2, 0.25) is 0 Å². The fourth-order valence-corrected chi connectivity index (χ4v) is 2.68. The summed E-state index contributed by atoms with van der Waals surface area (Å²) >= 11 is 1.29. The predicted octanol–water partition coefficient (Wildman–Crippen LogP) is 2.03. The number of aromatic nitrogens is 1. The SMILES string of the molecule is COCc1nc(C(=O)NCC(C(=O)O)c2ccc(F)cc2)cs1. The van der Waals surface area contributed by atoms with Crippen molar-refractivity contribution in [2.75, 3.05) is 13.7 Å². The molecule has 8 heteroatoms. The summed E-state index contributed by atoms with van der Waals surface area (Å²) in [5.74, 6) is -2.97. The van der Waals surface area contributed by atoms with Gasteiger partial charge in [-0.3, -0.25) is 9.59 Å². The van der Waals surface area contributed by atoms with Crippen LogP contribution in [0.1, 0.15) is 27.0 Å². The van der Waals surface area contributed by atoms with Crippen molar-refractivity contribution in [3.8, 4) is 0 Å². The molecule has 1 aromatic heterocycles. The molecule has 0 saturated heterocycles. The molecule has 2 N–H and O–H groups in total. The Labute approximate surface area is 135 Å². The number of carbonyl (C=O) groups excluding carboxylic acids is 1. The minimum Gasteiger partial charge on any atom is -0.481 e. The number of nitrogens with one attached hydrogen (secondary N) is 1. The molecule has 0 bridgehead atoms. The maximum Gasteiger partial charge on any atom is 0.312 e. The first-order valence-electron chi connectivity index (χ1n) is 6.71. The lowest BCUT2D eigenvalue weighted by Gasteiger charge is -2.13. The van der Waals surface area contributed by atoms with Crippen LogP contribution in [-0.4, -0.2) is 35.6 Å². The zero-order valence-corrected chi connectivity index (χ0v) is 13.1. The first kappa shape index (κ1) is 17.0. The molecule has 1 aromatic carbocycles. The lowest BCUT2D eigenvalue weighted by Crippen LogP contribution is -2.32. The number of amides is 1. The second-order valence-corrected chi connectivity index (χ2v) is 5.65. The van der Waals surface area contributed by atoms with E-state index in [0.29, 0.717) is 17.2 Å². The lowest BCUT2D eigenvalue weighted by molar-refractivity contribution is -0.138. The van der Waals surface area contributed by atoms with Crippen molar-refractivity contribution >= 4 is 23.2 Å². The maximum atomic E-state index is 12.9. The van der Waals surface area contributed by atoms with Crippen LogP contribution in [0.15, 0.2) is 29.6 Å². The number of hydrogen-bond donors (Lipinski definition) is 2. The van der Waals surface area contributed by atoms with E-state index in [2.05, 4.69) is 10.3 Å². The topological polar surface area (TPSA) is 88.5 Å². The summed E-state index contributed by atoms with van der Waals surface area (Å²) < 4.78 is 17.8. The van der Waals surface area contributed by atoms with Gasteiger partial charge in [0.25, 0.3) is 5.91 Å². The molecule has 0 saturated carbocycles. The molecule has 6 nitrogen and oxygen atoms in total. The first-order chi connectivity index (χ1) is 11.0. The van der Waals surface area contributed by atoms with Crippen molar-refractivity contribution in [3.05, 3.63) is 51.7 Å². The third-order valence-corrected chi connectivity index (χ3v) is 3.91. The van der Waals surface area contributed by atoms with Gasteiger partial charge in [-0.2, -0.15) is 0 Å². The van der Waals surface area contributed by atoms with Crippen LogP contribution in [0.2, 0.25) is 0 Å². The molecule has 0 spiro atoms. The normalized spacial score (nSPS) is 11.9. The molecule has 1 unspecified atom stereocenters. The summed E-state index contributed by atoms with van der Waals surface area (Å²) in [7, 11) is 1.53. The number of nitrogens with zero attached hydrogens (tertiary/aromatic N) is 1. The molecule has 1 atom stereocenters. The molecule has 0 aliphatic rings. The number of carboxylic acids is 1. The van der Waals surface area contributed by atoms with Gasteiger partial charge in [0.05, 0.1) is 12.5 Å². The minimum atomic E-state index is -1.10. The molecule has 2 rings (SSSR count). The van der Waals surface area contributed by atoms with Crippen LogP contribution in [0, 0.1) is 5.82 Å². The Hall–Kier alpha value is -2.32. The average molecular weight is 338 g/mol. The number of hydrogen-bond acceptors (Lipinski definition) is 5. The standard InChI is InChI=1S/C15H15FN2O4S/c1-22-7-13-18-12(8-23-13)14(19)17-6-11(15(20)21)9-2-4-10(16)5-3-9/h2-5,8,11H,6-7H2,1H3,(H,17,19)(H,20,21). The smallest absolute Gasteiger partial charge is 0.312 e. The molecule has 2 aromatic rings. The number of rotatable bonds is 7. The van der Waals surface area contributed by atoms with Gasteiger partial charge in [-0.25, -0.2) is 9.37 Å². The second-order valence-electron chi connectivity index (χ2n) is 4.71. The fourth-order valence-electron chi connectivity index (χ4n) is 1.93. The number of carboxylic acid groups (broad SMARTS) is 1. The van der Waals surface area contributed by atoms with Gasteiger partial charge < -0.3 is 15.2 Å². The number of benzene rings is 1. The monoisotopic (exact) mass is 338 g/mol. The Balaban J connectivity index is 2.01. The molecular weight excluding hydrogens is 323 g/mol. The van der Waals surface area contributed by atoms with E-state index in [1.54, 1.807) is 5.38 Å². The number of thiazole rings is 1. The quantitative estimate of drug-likeness (QED) is 0.806. The van der Waals surface area contributed by atoms with Crippen LogP contribution >= 0.6 is 11.3 Å². The highest BCUT2D eigenvalue weighted by molar-refractivity contribution is 7.09. The molecular formula is C15H15FN2O4S. The van der Waals surface area contributed by atoms with Crippen LogP contribution < -0.4 is 5.32 Å². The number of aliphatic carboxylic acids is 1. The third-order valence-electron chi connectivity index (χ3n) is 3.09. The van der Waals surface area contributed by atoms with Gasteiger partial charge in [-0.05, 0) is 17.7 Å². The van der Waals surface area contributed by atoms with Gasteiger partial charge in [0.1, 0.15) is 16.5 Å². The Morgan fingerprint density at radius 2 is 2.09 bits per heavy atom. The van der Waals surface area contributed by atoms with Crippen LogP contribution in [0.25, 0.3) is 0 Å². The van der Waals surface area contributed by atoms with Crippen molar-refractivity contribution in [1.29, 1.82) is 0 Å². The van der Waals surface area contributed by atoms with E-state index in [1.165, 1.54) is 42.7 Å². The number of methoxy groups -OCH3 is 1. The molecule has 1 amide bonds. The molecule has 1 heterocycles. The zero-order valence-electron chi connectivity index (χ0n) is 12.3. The van der Waals surface area contributed by atoms with E-state index < -0.39 is 23.6 Å². The highest BCUT2D eigenvalue weighted by atomic mass is 32.1. The van der Waals surface area contributed by atoms with Crippen molar-refractivity contribution in [1.82, 2.24) is 10.3 Å². The van der Waals surface area contributed by atoms with Gasteiger partial charge in [-0.15, -0.1) is 11.3 Å². The summed E-state index contributed by atoms with van der Waals surface area (Å²) in [5.41, 5.74) is 0.628. The van der Waals surface area contributed by atoms with E-state index in [4.69, 9.17) is 4.74 Å². The number of carbonyl (C=O) groups is 2. The van der Waals surface area contributed by atoms with Crippen molar-refractivity contribution in [2.45, 2.75) is 12.5 Å². The summed E-state index contributed by atoms with van der Waals surface area (Å²) in [6.45, 7) is 0.197. The molecule has 0 radical (unpaired) electrons. The van der Waals surface area contributed by atoms with Gasteiger partial charge in [0, 0.05) is 19.0 Å². The van der Waals surface area contributed by atoms with Gasteiger partial charge in [-0.1, -0.05) is 12.1 Å². The Kier molecular flexibility index (Phi) is 5.78. The maximum absolute atomic E-state index is 12.9. The van der Waals surface area contributed by atoms with Crippen molar-refractivity contribution in [2.24, 2.45) is 0 Å². The molecule has 0 aliphatic heterocycles. The van der Waals surface area contributed by atoms with Crippen LogP contribution in [0.5, 0.6) is 0 Å². The Bertz CT molecular complexity index is 687. The van der Waals surface area contributed by atoms with Crippen LogP contribution in [0.4, 0.5) is 4.39 Å². The molecule has 23 heavy (non-hydrogen) atoms. The van der Waals surface area contributed by atoms with E-state index >= 15 is 0 Å². The van der Waals surface area contributed by atoms with Crippen molar-refractivity contribution < 1.29 is 23.8 Å². The van der Waals surface area contributed by atoms with E-state index in [0.717, 1.165) is 0 Å². The third kappa shape index (κ3) is 4.57.